The first-order valence-electron chi connectivity index (χ1n) is 9.56. The first-order chi connectivity index (χ1) is 14.9. The summed E-state index contributed by atoms with van der Waals surface area (Å²) in [4.78, 5) is 34.8. The second-order valence-electron chi connectivity index (χ2n) is 6.75. The Bertz CT molecular complexity index is 1050. The number of nitro groups is 1. The molecule has 8 nitrogen and oxygen atoms in total. The van der Waals surface area contributed by atoms with E-state index in [0.29, 0.717) is 23.5 Å². The first kappa shape index (κ1) is 21.5. The molecule has 0 radical (unpaired) electrons. The molecule has 0 saturated heterocycles. The number of nitrogens with zero attached hydrogens (tertiary/aromatic N) is 1. The maximum Gasteiger partial charge on any atom is 0.269 e. The van der Waals surface area contributed by atoms with Gasteiger partial charge in [0.25, 0.3) is 17.5 Å². The lowest BCUT2D eigenvalue weighted by atomic mass is 10.1. The molecule has 0 aromatic heterocycles. The second kappa shape index (κ2) is 10.0. The Labute approximate surface area is 179 Å². The van der Waals surface area contributed by atoms with Gasteiger partial charge in [-0.15, -0.1) is 0 Å². The third kappa shape index (κ3) is 6.14. The minimum atomic E-state index is -0.824. The molecular weight excluding hydrogens is 398 g/mol. The van der Waals surface area contributed by atoms with Crippen molar-refractivity contribution < 1.29 is 19.2 Å². The van der Waals surface area contributed by atoms with Crippen LogP contribution in [0.5, 0.6) is 5.75 Å². The van der Waals surface area contributed by atoms with Crippen LogP contribution in [0.3, 0.4) is 0 Å². The van der Waals surface area contributed by atoms with E-state index in [9.17, 15) is 19.7 Å². The fourth-order valence-corrected chi connectivity index (χ4v) is 2.73. The van der Waals surface area contributed by atoms with E-state index in [4.69, 9.17) is 4.74 Å². The predicted molar refractivity (Wildman–Crippen MR) is 116 cm³/mol. The molecule has 3 aromatic rings. The van der Waals surface area contributed by atoms with E-state index in [-0.39, 0.29) is 17.5 Å². The Morgan fingerprint density at radius 1 is 0.968 bits per heavy atom. The lowest BCUT2D eigenvalue weighted by Crippen LogP contribution is -2.30. The number of carbonyl (C=O) groups excluding carboxylic acids is 2. The van der Waals surface area contributed by atoms with E-state index in [1.54, 1.807) is 31.2 Å². The van der Waals surface area contributed by atoms with Crippen molar-refractivity contribution in [2.75, 3.05) is 5.32 Å². The SMILES string of the molecule is CC(Oc1ccc([N+](=O)[O-])cc1)C(=O)Nc1ccc(C(=O)NCc2ccccc2)cc1. The number of hydrogen-bond donors (Lipinski definition) is 2. The average Bonchev–Trinajstić information content (AvgIpc) is 2.79. The molecule has 158 valence electrons. The zero-order valence-corrected chi connectivity index (χ0v) is 16.8. The van der Waals surface area contributed by atoms with Crippen LogP contribution < -0.4 is 15.4 Å². The topological polar surface area (TPSA) is 111 Å². The molecule has 0 heterocycles. The van der Waals surface area contributed by atoms with Gasteiger partial charge in [-0.1, -0.05) is 30.3 Å². The molecule has 0 saturated carbocycles. The number of hydrogen-bond acceptors (Lipinski definition) is 5. The summed E-state index contributed by atoms with van der Waals surface area (Å²) in [6, 6.07) is 21.6. The van der Waals surface area contributed by atoms with E-state index < -0.39 is 11.0 Å². The molecule has 1 atom stereocenters. The lowest BCUT2D eigenvalue weighted by Gasteiger charge is -2.15. The predicted octanol–water partition coefficient (Wildman–Crippen LogP) is 3.93. The van der Waals surface area contributed by atoms with Crippen molar-refractivity contribution in [1.82, 2.24) is 5.32 Å². The fraction of sp³-hybridized carbons (Fsp3) is 0.130. The largest absolute Gasteiger partial charge is 0.481 e. The molecule has 0 spiro atoms. The summed E-state index contributed by atoms with van der Waals surface area (Å²) in [5.41, 5.74) is 1.94. The number of nitro benzene ring substituents is 1. The van der Waals surface area contributed by atoms with Crippen LogP contribution >= 0.6 is 0 Å². The highest BCUT2D eigenvalue weighted by Crippen LogP contribution is 2.19. The van der Waals surface area contributed by atoms with Gasteiger partial charge >= 0.3 is 0 Å². The summed E-state index contributed by atoms with van der Waals surface area (Å²) in [5.74, 6) is -0.255. The summed E-state index contributed by atoms with van der Waals surface area (Å²) in [7, 11) is 0. The van der Waals surface area contributed by atoms with Gasteiger partial charge in [-0.25, -0.2) is 0 Å². The van der Waals surface area contributed by atoms with Crippen LogP contribution in [0.1, 0.15) is 22.8 Å². The van der Waals surface area contributed by atoms with Gasteiger partial charge in [0.15, 0.2) is 6.10 Å². The zero-order chi connectivity index (χ0) is 22.2. The number of ether oxygens (including phenoxy) is 1. The Balaban J connectivity index is 1.51. The van der Waals surface area contributed by atoms with Gasteiger partial charge in [0.05, 0.1) is 4.92 Å². The van der Waals surface area contributed by atoms with E-state index in [1.807, 2.05) is 30.3 Å². The number of nitrogens with one attached hydrogen (secondary N) is 2. The van der Waals surface area contributed by atoms with Gasteiger partial charge < -0.3 is 15.4 Å². The van der Waals surface area contributed by atoms with E-state index in [2.05, 4.69) is 10.6 Å². The van der Waals surface area contributed by atoms with Crippen molar-refractivity contribution in [3.63, 3.8) is 0 Å². The Hall–Kier alpha value is -4.20. The van der Waals surface area contributed by atoms with Gasteiger partial charge in [-0.3, -0.25) is 19.7 Å². The molecule has 1 unspecified atom stereocenters. The highest BCUT2D eigenvalue weighted by atomic mass is 16.6. The zero-order valence-electron chi connectivity index (χ0n) is 16.8. The summed E-state index contributed by atoms with van der Waals surface area (Å²) >= 11 is 0. The molecule has 31 heavy (non-hydrogen) atoms. The third-order valence-corrected chi connectivity index (χ3v) is 4.44. The molecule has 3 aromatic carbocycles. The van der Waals surface area contributed by atoms with Crippen LogP contribution in [0.15, 0.2) is 78.9 Å². The number of amides is 2. The maximum atomic E-state index is 12.3. The minimum Gasteiger partial charge on any atom is -0.481 e. The number of rotatable bonds is 8. The fourth-order valence-electron chi connectivity index (χ4n) is 2.73. The van der Waals surface area contributed by atoms with Crippen molar-refractivity contribution in [3.05, 3.63) is 100 Å². The summed E-state index contributed by atoms with van der Waals surface area (Å²) < 4.78 is 5.52. The molecule has 8 heteroatoms. The van der Waals surface area contributed by atoms with Crippen LogP contribution in [0.25, 0.3) is 0 Å². The van der Waals surface area contributed by atoms with Gasteiger partial charge in [0.2, 0.25) is 0 Å². The van der Waals surface area contributed by atoms with Gasteiger partial charge in [0, 0.05) is 29.9 Å². The monoisotopic (exact) mass is 419 g/mol. The summed E-state index contributed by atoms with van der Waals surface area (Å²) in [6.45, 7) is 2.00. The van der Waals surface area contributed by atoms with Crippen LogP contribution in [0.4, 0.5) is 11.4 Å². The average molecular weight is 419 g/mol. The number of anilines is 1. The van der Waals surface area contributed by atoms with Gasteiger partial charge in [0.1, 0.15) is 5.75 Å². The van der Waals surface area contributed by atoms with Crippen molar-refractivity contribution in [1.29, 1.82) is 0 Å². The molecule has 0 aliphatic rings. The highest BCUT2D eigenvalue weighted by Gasteiger charge is 2.16. The standard InChI is InChI=1S/C23H21N3O5/c1-16(31-21-13-11-20(12-14-21)26(29)30)22(27)25-19-9-7-18(8-10-19)23(28)24-15-17-5-3-2-4-6-17/h2-14,16H,15H2,1H3,(H,24,28)(H,25,27). The molecule has 0 aliphatic carbocycles. The highest BCUT2D eigenvalue weighted by molar-refractivity contribution is 5.96. The minimum absolute atomic E-state index is 0.0580. The smallest absolute Gasteiger partial charge is 0.269 e. The number of benzene rings is 3. The second-order valence-corrected chi connectivity index (χ2v) is 6.75. The van der Waals surface area contributed by atoms with E-state index in [0.717, 1.165) is 5.56 Å². The molecule has 0 aliphatic heterocycles. The summed E-state index contributed by atoms with van der Waals surface area (Å²) in [6.07, 6.45) is -0.824. The van der Waals surface area contributed by atoms with Crippen LogP contribution in [-0.2, 0) is 11.3 Å². The van der Waals surface area contributed by atoms with Crippen LogP contribution in [0.2, 0.25) is 0 Å². The van der Waals surface area contributed by atoms with Crippen LogP contribution in [-0.4, -0.2) is 22.8 Å². The van der Waals surface area contributed by atoms with Gasteiger partial charge in [-0.05, 0) is 48.9 Å². The summed E-state index contributed by atoms with van der Waals surface area (Å²) in [5, 5.41) is 16.2. The Morgan fingerprint density at radius 2 is 1.61 bits per heavy atom. The quantitative estimate of drug-likeness (QED) is 0.425. The number of non-ortho nitro benzene ring substituents is 1. The number of carbonyl (C=O) groups is 2. The molecule has 2 amide bonds. The molecule has 3 rings (SSSR count). The van der Waals surface area contributed by atoms with E-state index in [1.165, 1.54) is 24.3 Å². The molecular formula is C23H21N3O5. The molecule has 0 fully saturated rings. The van der Waals surface area contributed by atoms with E-state index >= 15 is 0 Å². The van der Waals surface area contributed by atoms with Gasteiger partial charge in [-0.2, -0.15) is 0 Å². The molecule has 0 bridgehead atoms. The Kier molecular flexibility index (Phi) is 6.95. The van der Waals surface area contributed by atoms with Crippen molar-refractivity contribution in [3.8, 4) is 5.75 Å². The van der Waals surface area contributed by atoms with Crippen molar-refractivity contribution in [2.45, 2.75) is 19.6 Å². The molecule has 2 N–H and O–H groups in total. The maximum absolute atomic E-state index is 12.3. The normalized spacial score (nSPS) is 11.3. The third-order valence-electron chi connectivity index (χ3n) is 4.44. The van der Waals surface area contributed by atoms with Crippen molar-refractivity contribution >= 4 is 23.2 Å². The van der Waals surface area contributed by atoms with Crippen LogP contribution in [0, 0.1) is 10.1 Å². The van der Waals surface area contributed by atoms with Crippen molar-refractivity contribution in [2.24, 2.45) is 0 Å². The first-order valence-corrected chi connectivity index (χ1v) is 9.56. The Morgan fingerprint density at radius 3 is 2.23 bits per heavy atom. The lowest BCUT2D eigenvalue weighted by molar-refractivity contribution is -0.384.